The van der Waals surface area contributed by atoms with E-state index >= 15 is 0 Å². The minimum absolute atomic E-state index is 0.107. The SMILES string of the molecule is Fc1cc(COc2cccc(C#CCCCl)c2)ccc1Cl. The van der Waals surface area contributed by atoms with Crippen LogP contribution in [0.4, 0.5) is 4.39 Å². The second-order valence-corrected chi connectivity index (χ2v) is 5.09. The van der Waals surface area contributed by atoms with Gasteiger partial charge < -0.3 is 4.74 Å². The van der Waals surface area contributed by atoms with Gasteiger partial charge in [-0.25, -0.2) is 4.39 Å². The van der Waals surface area contributed by atoms with Gasteiger partial charge in [0.1, 0.15) is 18.2 Å². The van der Waals surface area contributed by atoms with Crippen molar-refractivity contribution in [3.63, 3.8) is 0 Å². The maximum atomic E-state index is 13.3. The van der Waals surface area contributed by atoms with Crippen molar-refractivity contribution in [3.05, 3.63) is 64.4 Å². The smallest absolute Gasteiger partial charge is 0.142 e. The standard InChI is InChI=1S/C17H13Cl2FO/c18-9-2-1-4-13-5-3-6-15(10-13)21-12-14-7-8-16(19)17(20)11-14/h3,5-8,10-11H,2,9,12H2. The van der Waals surface area contributed by atoms with Crippen LogP contribution in [0, 0.1) is 17.7 Å². The van der Waals surface area contributed by atoms with Crippen LogP contribution < -0.4 is 4.74 Å². The third kappa shape index (κ3) is 4.97. The van der Waals surface area contributed by atoms with E-state index in [0.29, 0.717) is 18.1 Å². The minimum atomic E-state index is -0.446. The van der Waals surface area contributed by atoms with Crippen LogP contribution in [-0.2, 0) is 6.61 Å². The number of ether oxygens (including phenoxy) is 1. The molecule has 0 fully saturated rings. The molecule has 21 heavy (non-hydrogen) atoms. The van der Waals surface area contributed by atoms with Gasteiger partial charge in [0.2, 0.25) is 0 Å². The zero-order valence-electron chi connectivity index (χ0n) is 11.2. The van der Waals surface area contributed by atoms with Crippen molar-refractivity contribution in [1.82, 2.24) is 0 Å². The van der Waals surface area contributed by atoms with Crippen LogP contribution in [0.15, 0.2) is 42.5 Å². The fourth-order valence-electron chi connectivity index (χ4n) is 1.67. The van der Waals surface area contributed by atoms with E-state index in [1.54, 1.807) is 6.07 Å². The number of hydrogen-bond acceptors (Lipinski definition) is 1. The number of rotatable bonds is 4. The fourth-order valence-corrected chi connectivity index (χ4v) is 1.88. The molecule has 0 spiro atoms. The molecule has 2 aromatic rings. The Morgan fingerprint density at radius 3 is 2.76 bits per heavy atom. The first-order chi connectivity index (χ1) is 10.2. The lowest BCUT2D eigenvalue weighted by Gasteiger charge is -2.07. The van der Waals surface area contributed by atoms with E-state index in [4.69, 9.17) is 27.9 Å². The first kappa shape index (κ1) is 15.7. The largest absolute Gasteiger partial charge is 0.489 e. The van der Waals surface area contributed by atoms with Crippen LogP contribution >= 0.6 is 23.2 Å². The third-order valence-electron chi connectivity index (χ3n) is 2.68. The van der Waals surface area contributed by atoms with Crippen LogP contribution in [0.5, 0.6) is 5.75 Å². The molecular formula is C17H13Cl2FO. The molecule has 0 bridgehead atoms. The van der Waals surface area contributed by atoms with Crippen molar-refractivity contribution in [2.24, 2.45) is 0 Å². The van der Waals surface area contributed by atoms with Crippen molar-refractivity contribution in [2.45, 2.75) is 13.0 Å². The van der Waals surface area contributed by atoms with Crippen molar-refractivity contribution >= 4 is 23.2 Å². The molecule has 0 saturated heterocycles. The molecule has 2 aromatic carbocycles. The number of halogens is 3. The van der Waals surface area contributed by atoms with E-state index in [1.165, 1.54) is 12.1 Å². The summed E-state index contributed by atoms with van der Waals surface area (Å²) < 4.78 is 19.0. The zero-order valence-corrected chi connectivity index (χ0v) is 12.7. The Bertz CT molecular complexity index is 674. The fraction of sp³-hybridized carbons (Fsp3) is 0.176. The Hall–Kier alpha value is -1.69. The van der Waals surface area contributed by atoms with Crippen LogP contribution in [0.1, 0.15) is 17.5 Å². The summed E-state index contributed by atoms with van der Waals surface area (Å²) in [7, 11) is 0. The maximum absolute atomic E-state index is 13.3. The van der Waals surface area contributed by atoms with Gasteiger partial charge in [0.15, 0.2) is 0 Å². The van der Waals surface area contributed by atoms with Crippen LogP contribution in [0.3, 0.4) is 0 Å². The van der Waals surface area contributed by atoms with Crippen molar-refractivity contribution < 1.29 is 9.13 Å². The van der Waals surface area contributed by atoms with E-state index in [2.05, 4.69) is 11.8 Å². The molecule has 0 aliphatic heterocycles. The third-order valence-corrected chi connectivity index (χ3v) is 3.17. The first-order valence-electron chi connectivity index (χ1n) is 6.40. The van der Waals surface area contributed by atoms with Crippen molar-refractivity contribution in [3.8, 4) is 17.6 Å². The van der Waals surface area contributed by atoms with Gasteiger partial charge in [0.05, 0.1) is 5.02 Å². The monoisotopic (exact) mass is 322 g/mol. The molecule has 0 aliphatic carbocycles. The van der Waals surface area contributed by atoms with Crippen molar-refractivity contribution in [1.29, 1.82) is 0 Å². The molecule has 2 rings (SSSR count). The van der Waals surface area contributed by atoms with E-state index in [1.807, 2.05) is 24.3 Å². The highest BCUT2D eigenvalue weighted by molar-refractivity contribution is 6.30. The number of alkyl halides is 1. The van der Waals surface area contributed by atoms with Gasteiger partial charge in [-0.2, -0.15) is 0 Å². The van der Waals surface area contributed by atoms with Gasteiger partial charge in [-0.05, 0) is 35.9 Å². The highest BCUT2D eigenvalue weighted by Crippen LogP contribution is 2.18. The second-order valence-electron chi connectivity index (χ2n) is 4.31. The molecule has 4 heteroatoms. The summed E-state index contributed by atoms with van der Waals surface area (Å²) in [4.78, 5) is 0. The summed E-state index contributed by atoms with van der Waals surface area (Å²) >= 11 is 11.2. The van der Waals surface area contributed by atoms with Gasteiger partial charge in [-0.1, -0.05) is 35.6 Å². The lowest BCUT2D eigenvalue weighted by molar-refractivity contribution is 0.305. The Morgan fingerprint density at radius 2 is 2.00 bits per heavy atom. The van der Waals surface area contributed by atoms with Crippen LogP contribution in [0.2, 0.25) is 5.02 Å². The summed E-state index contributed by atoms with van der Waals surface area (Å²) in [5.74, 6) is 6.73. The molecule has 0 aromatic heterocycles. The highest BCUT2D eigenvalue weighted by atomic mass is 35.5. The summed E-state index contributed by atoms with van der Waals surface area (Å²) in [6.45, 7) is 0.270. The lowest BCUT2D eigenvalue weighted by Crippen LogP contribution is -1.96. The van der Waals surface area contributed by atoms with E-state index in [0.717, 1.165) is 11.1 Å². The van der Waals surface area contributed by atoms with Gasteiger partial charge in [-0.15, -0.1) is 11.6 Å². The Labute approximate surface area is 133 Å². The summed E-state index contributed by atoms with van der Waals surface area (Å²) in [6.07, 6.45) is 0.649. The maximum Gasteiger partial charge on any atom is 0.142 e. The molecule has 1 nitrogen and oxygen atoms in total. The van der Waals surface area contributed by atoms with Gasteiger partial charge in [0, 0.05) is 17.9 Å². The Balaban J connectivity index is 2.01. The van der Waals surface area contributed by atoms with Gasteiger partial charge >= 0.3 is 0 Å². The van der Waals surface area contributed by atoms with E-state index < -0.39 is 5.82 Å². The summed E-state index contributed by atoms with van der Waals surface area (Å²) in [5.41, 5.74) is 1.58. The predicted octanol–water partition coefficient (Wildman–Crippen LogP) is 5.04. The molecule has 0 heterocycles. The molecule has 0 radical (unpaired) electrons. The van der Waals surface area contributed by atoms with Crippen molar-refractivity contribution in [2.75, 3.05) is 5.88 Å². The van der Waals surface area contributed by atoms with E-state index in [9.17, 15) is 4.39 Å². The van der Waals surface area contributed by atoms with Gasteiger partial charge in [-0.3, -0.25) is 0 Å². The number of benzene rings is 2. The number of hydrogen-bond donors (Lipinski definition) is 0. The summed E-state index contributed by atoms with van der Waals surface area (Å²) in [5, 5.41) is 0.107. The molecule has 0 N–H and O–H groups in total. The van der Waals surface area contributed by atoms with Crippen LogP contribution in [-0.4, -0.2) is 5.88 Å². The van der Waals surface area contributed by atoms with E-state index in [-0.39, 0.29) is 11.6 Å². The highest BCUT2D eigenvalue weighted by Gasteiger charge is 2.02. The molecular weight excluding hydrogens is 310 g/mol. The molecule has 0 atom stereocenters. The topological polar surface area (TPSA) is 9.23 Å². The Kier molecular flexibility index (Phi) is 5.92. The lowest BCUT2D eigenvalue weighted by atomic mass is 10.2. The average Bonchev–Trinajstić information content (AvgIpc) is 2.49. The minimum Gasteiger partial charge on any atom is -0.489 e. The zero-order chi connectivity index (χ0) is 15.1. The predicted molar refractivity (Wildman–Crippen MR) is 84.4 cm³/mol. The second kappa shape index (κ2) is 7.93. The first-order valence-corrected chi connectivity index (χ1v) is 7.32. The average molecular weight is 323 g/mol. The molecule has 0 aliphatic rings. The molecule has 0 unspecified atom stereocenters. The quantitative estimate of drug-likeness (QED) is 0.566. The normalized spacial score (nSPS) is 9.86. The van der Waals surface area contributed by atoms with Gasteiger partial charge in [0.25, 0.3) is 0 Å². The van der Waals surface area contributed by atoms with Crippen LogP contribution in [0.25, 0.3) is 0 Å². The molecule has 0 saturated carbocycles. The molecule has 0 amide bonds. The molecule has 108 valence electrons. The Morgan fingerprint density at radius 1 is 1.14 bits per heavy atom. The summed E-state index contributed by atoms with van der Waals surface area (Å²) in [6, 6.07) is 12.1.